The van der Waals surface area contributed by atoms with Crippen molar-refractivity contribution in [3.63, 3.8) is 0 Å². The molecule has 1 aliphatic carbocycles. The van der Waals surface area contributed by atoms with E-state index >= 15 is 0 Å². The van der Waals surface area contributed by atoms with Crippen molar-refractivity contribution in [2.45, 2.75) is 12.3 Å². The molecule has 240 valence electrons. The molecule has 0 bridgehead atoms. The first-order chi connectivity index (χ1) is 25.1. The third-order valence-corrected chi connectivity index (χ3v) is 10.6. The smallest absolute Gasteiger partial charge is 0.164 e. The van der Waals surface area contributed by atoms with Gasteiger partial charge in [-0.1, -0.05) is 146 Å². The van der Waals surface area contributed by atoms with E-state index in [0.29, 0.717) is 17.5 Å². The van der Waals surface area contributed by atoms with Crippen LogP contribution in [0.4, 0.5) is 0 Å². The minimum absolute atomic E-state index is 0.402. The molecule has 0 spiro atoms. The fraction of sp³-hybridized carbons (Fsp3) is 0.0426. The molecule has 0 aliphatic heterocycles. The highest BCUT2D eigenvalue weighted by atomic mass is 15.0. The van der Waals surface area contributed by atoms with Gasteiger partial charge in [0.15, 0.2) is 17.5 Å². The maximum Gasteiger partial charge on any atom is 0.164 e. The molecule has 1 atom stereocenters. The average Bonchev–Trinajstić information content (AvgIpc) is 3.71. The largest absolute Gasteiger partial charge is 0.355 e. The second-order valence-corrected chi connectivity index (χ2v) is 13.4. The number of hydrogen-bond donors (Lipinski definition) is 1. The molecule has 51 heavy (non-hydrogen) atoms. The molecular formula is C47H32N4. The molecule has 1 aliphatic rings. The number of para-hydroxylation sites is 1. The van der Waals surface area contributed by atoms with E-state index in [-0.39, 0.29) is 0 Å². The highest BCUT2D eigenvalue weighted by molar-refractivity contribution is 6.08. The Morgan fingerprint density at radius 3 is 1.73 bits per heavy atom. The molecule has 2 aromatic heterocycles. The minimum Gasteiger partial charge on any atom is -0.355 e. The minimum atomic E-state index is -0.402. The van der Waals surface area contributed by atoms with Crippen LogP contribution in [0.1, 0.15) is 23.6 Å². The molecule has 4 nitrogen and oxygen atoms in total. The highest BCUT2D eigenvalue weighted by Crippen LogP contribution is 2.55. The fourth-order valence-corrected chi connectivity index (χ4v) is 7.99. The summed E-state index contributed by atoms with van der Waals surface area (Å²) in [5.74, 6) is 1.98. The molecule has 0 fully saturated rings. The number of rotatable bonds is 5. The third kappa shape index (κ3) is 4.64. The third-order valence-electron chi connectivity index (χ3n) is 10.6. The number of H-pyrrole nitrogens is 1. The predicted molar refractivity (Wildman–Crippen MR) is 208 cm³/mol. The molecule has 0 saturated heterocycles. The number of aromatic nitrogens is 4. The average molecular weight is 653 g/mol. The van der Waals surface area contributed by atoms with Crippen molar-refractivity contribution in [2.24, 2.45) is 0 Å². The first-order valence-corrected chi connectivity index (χ1v) is 17.4. The Balaban J connectivity index is 1.20. The van der Waals surface area contributed by atoms with Crippen molar-refractivity contribution in [1.29, 1.82) is 0 Å². The number of nitrogens with zero attached hydrogens (tertiary/aromatic N) is 3. The van der Waals surface area contributed by atoms with Crippen LogP contribution in [0.3, 0.4) is 0 Å². The Morgan fingerprint density at radius 2 is 1.00 bits per heavy atom. The molecule has 0 radical (unpaired) electrons. The Labute approximate surface area is 296 Å². The molecule has 4 heteroatoms. The van der Waals surface area contributed by atoms with Crippen LogP contribution in [0.2, 0.25) is 0 Å². The summed E-state index contributed by atoms with van der Waals surface area (Å²) in [5, 5.41) is 2.47. The van der Waals surface area contributed by atoms with Gasteiger partial charge >= 0.3 is 0 Å². The van der Waals surface area contributed by atoms with E-state index in [2.05, 4.69) is 145 Å². The summed E-state index contributed by atoms with van der Waals surface area (Å²) in [7, 11) is 0. The Kier molecular flexibility index (Phi) is 6.58. The maximum absolute atomic E-state index is 5.16. The van der Waals surface area contributed by atoms with E-state index in [1.165, 1.54) is 49.7 Å². The van der Waals surface area contributed by atoms with Crippen LogP contribution in [-0.4, -0.2) is 19.9 Å². The van der Waals surface area contributed by atoms with Gasteiger partial charge in [0.2, 0.25) is 0 Å². The Bertz CT molecular complexity index is 2690. The summed E-state index contributed by atoms with van der Waals surface area (Å²) in [5.41, 5.74) is 13.3. The number of hydrogen-bond acceptors (Lipinski definition) is 3. The second-order valence-electron chi connectivity index (χ2n) is 13.4. The van der Waals surface area contributed by atoms with Crippen molar-refractivity contribution >= 4 is 21.8 Å². The van der Waals surface area contributed by atoms with Crippen molar-refractivity contribution in [1.82, 2.24) is 19.9 Å². The van der Waals surface area contributed by atoms with E-state index in [4.69, 9.17) is 15.0 Å². The van der Waals surface area contributed by atoms with E-state index in [0.717, 1.165) is 27.7 Å². The fourth-order valence-electron chi connectivity index (χ4n) is 7.99. The van der Waals surface area contributed by atoms with Gasteiger partial charge in [-0.25, -0.2) is 15.0 Å². The zero-order valence-electron chi connectivity index (χ0n) is 28.0. The van der Waals surface area contributed by atoms with Crippen LogP contribution in [0.25, 0.3) is 78.2 Å². The van der Waals surface area contributed by atoms with Gasteiger partial charge in [-0.15, -0.1) is 0 Å². The van der Waals surface area contributed by atoms with E-state index < -0.39 is 5.41 Å². The van der Waals surface area contributed by atoms with Crippen LogP contribution in [-0.2, 0) is 5.41 Å². The SMILES string of the molecule is CC1(c2ccccc2)c2cc(-c3ccc4[nH]c5ccccc5c4c3)ccc2-c2c(-c3nc(-c4ccccc4)nc(-c4ccccc4)n3)cccc21. The van der Waals surface area contributed by atoms with Gasteiger partial charge in [-0.3, -0.25) is 0 Å². The van der Waals surface area contributed by atoms with Crippen LogP contribution >= 0.6 is 0 Å². The molecule has 1 N–H and O–H groups in total. The predicted octanol–water partition coefficient (Wildman–Crippen LogP) is 11.5. The van der Waals surface area contributed by atoms with Gasteiger partial charge in [0, 0.05) is 43.9 Å². The lowest BCUT2D eigenvalue weighted by Gasteiger charge is -2.28. The molecular weight excluding hydrogens is 621 g/mol. The van der Waals surface area contributed by atoms with E-state index in [1.54, 1.807) is 0 Å². The number of nitrogens with one attached hydrogen (secondary N) is 1. The lowest BCUT2D eigenvalue weighted by Crippen LogP contribution is -2.22. The lowest BCUT2D eigenvalue weighted by atomic mass is 9.73. The molecule has 7 aromatic carbocycles. The molecule has 0 saturated carbocycles. The summed E-state index contributed by atoms with van der Waals surface area (Å²) in [6, 6.07) is 60.1. The maximum atomic E-state index is 5.16. The quantitative estimate of drug-likeness (QED) is 0.201. The highest BCUT2D eigenvalue weighted by Gasteiger charge is 2.42. The van der Waals surface area contributed by atoms with Gasteiger partial charge in [-0.2, -0.15) is 0 Å². The number of aromatic amines is 1. The van der Waals surface area contributed by atoms with Crippen LogP contribution in [0.5, 0.6) is 0 Å². The first-order valence-electron chi connectivity index (χ1n) is 17.4. The second kappa shape index (κ2) is 11.5. The lowest BCUT2D eigenvalue weighted by molar-refractivity contribution is 0.714. The number of benzene rings is 7. The molecule has 1 unspecified atom stereocenters. The van der Waals surface area contributed by atoms with Crippen molar-refractivity contribution in [2.75, 3.05) is 0 Å². The Morgan fingerprint density at radius 1 is 0.412 bits per heavy atom. The van der Waals surface area contributed by atoms with E-state index in [1.807, 2.05) is 36.4 Å². The van der Waals surface area contributed by atoms with Crippen molar-refractivity contribution in [3.05, 3.63) is 187 Å². The zero-order valence-corrected chi connectivity index (χ0v) is 28.0. The molecule has 0 amide bonds. The van der Waals surface area contributed by atoms with Gasteiger partial charge in [0.1, 0.15) is 0 Å². The summed E-state index contributed by atoms with van der Waals surface area (Å²) in [6.45, 7) is 2.36. The standard InChI is InChI=1S/C47H32N4/c1-47(34-18-9-4-10-19-34)39-22-13-21-37(46-50-44(30-14-5-2-6-15-30)49-45(51-46)31-16-7-3-8-17-31)43(39)36-26-24-33(29-40(36)47)32-25-27-42-38(28-32)35-20-11-12-23-41(35)48-42/h2-29,48H,1H3. The van der Waals surface area contributed by atoms with Crippen molar-refractivity contribution < 1.29 is 0 Å². The van der Waals surface area contributed by atoms with Gasteiger partial charge in [0.05, 0.1) is 0 Å². The topological polar surface area (TPSA) is 54.5 Å². The van der Waals surface area contributed by atoms with Gasteiger partial charge in [-0.05, 0) is 70.1 Å². The van der Waals surface area contributed by atoms with Gasteiger partial charge in [0.25, 0.3) is 0 Å². The summed E-state index contributed by atoms with van der Waals surface area (Å²) in [4.78, 5) is 18.9. The first kappa shape index (κ1) is 29.3. The Hall–Kier alpha value is -6.65. The number of fused-ring (bicyclic) bond motifs is 6. The monoisotopic (exact) mass is 652 g/mol. The summed E-state index contributed by atoms with van der Waals surface area (Å²) in [6.07, 6.45) is 0. The summed E-state index contributed by atoms with van der Waals surface area (Å²) < 4.78 is 0. The van der Waals surface area contributed by atoms with E-state index in [9.17, 15) is 0 Å². The van der Waals surface area contributed by atoms with Crippen LogP contribution in [0.15, 0.2) is 170 Å². The summed E-state index contributed by atoms with van der Waals surface area (Å²) >= 11 is 0. The normalized spacial score (nSPS) is 14.8. The van der Waals surface area contributed by atoms with Crippen molar-refractivity contribution in [3.8, 4) is 56.4 Å². The van der Waals surface area contributed by atoms with Crippen LogP contribution in [0, 0.1) is 0 Å². The molecule has 9 aromatic rings. The van der Waals surface area contributed by atoms with Crippen LogP contribution < -0.4 is 0 Å². The zero-order chi connectivity index (χ0) is 33.9. The molecule has 10 rings (SSSR count). The van der Waals surface area contributed by atoms with Gasteiger partial charge < -0.3 is 4.98 Å². The molecule has 2 heterocycles.